The van der Waals surface area contributed by atoms with E-state index in [0.717, 1.165) is 25.7 Å². The normalized spacial score (nSPS) is 12.0. The third kappa shape index (κ3) is 6.24. The van der Waals surface area contributed by atoms with Crippen molar-refractivity contribution in [2.24, 2.45) is 0 Å². The van der Waals surface area contributed by atoms with E-state index < -0.39 is 8.56 Å². The van der Waals surface area contributed by atoms with Crippen LogP contribution >= 0.6 is 0 Å². The lowest BCUT2D eigenvalue weighted by atomic mass is 10.3. The van der Waals surface area contributed by atoms with Gasteiger partial charge in [0.25, 0.3) is 0 Å². The van der Waals surface area contributed by atoms with Crippen molar-refractivity contribution < 1.29 is 8.85 Å². The Balaban J connectivity index is 3.76. The summed E-state index contributed by atoms with van der Waals surface area (Å²) in [4.78, 5) is 0. The molecule has 0 heterocycles. The first kappa shape index (κ1) is 13.1. The standard InChI is InChI=1S/C10H23O2Si/c1-5-8-9-10-13(4,11-6-2)12-7-3/h1,5-10H2,2-4H3. The Labute approximate surface area is 83.9 Å². The number of unbranched alkanes of at least 4 members (excludes halogenated alkanes) is 2. The molecule has 0 aliphatic carbocycles. The molecule has 0 aromatic heterocycles. The van der Waals surface area contributed by atoms with Gasteiger partial charge in [-0.2, -0.15) is 0 Å². The fourth-order valence-electron chi connectivity index (χ4n) is 1.42. The second-order valence-electron chi connectivity index (χ2n) is 3.31. The molecule has 0 saturated carbocycles. The second kappa shape index (κ2) is 7.53. The average Bonchev–Trinajstić information content (AvgIpc) is 2.05. The first-order valence-corrected chi connectivity index (χ1v) is 7.78. The molecule has 0 bridgehead atoms. The van der Waals surface area contributed by atoms with Crippen LogP contribution in [0.2, 0.25) is 12.6 Å². The Hall–Kier alpha value is 0.137. The molecule has 0 amide bonds. The zero-order valence-corrected chi connectivity index (χ0v) is 10.3. The predicted molar refractivity (Wildman–Crippen MR) is 58.9 cm³/mol. The van der Waals surface area contributed by atoms with Crippen molar-refractivity contribution in [1.82, 2.24) is 0 Å². The summed E-state index contributed by atoms with van der Waals surface area (Å²) in [6.45, 7) is 11.6. The van der Waals surface area contributed by atoms with Crippen molar-refractivity contribution in [3.8, 4) is 0 Å². The Bertz CT molecular complexity index is 111. The average molecular weight is 203 g/mol. The first-order chi connectivity index (χ1) is 6.18. The summed E-state index contributed by atoms with van der Waals surface area (Å²) < 4.78 is 11.4. The van der Waals surface area contributed by atoms with Crippen LogP contribution in [0, 0.1) is 6.92 Å². The molecule has 0 aromatic carbocycles. The Morgan fingerprint density at radius 1 is 1.08 bits per heavy atom. The van der Waals surface area contributed by atoms with Crippen LogP contribution in [0.5, 0.6) is 0 Å². The number of rotatable bonds is 8. The van der Waals surface area contributed by atoms with E-state index in [2.05, 4.69) is 13.5 Å². The van der Waals surface area contributed by atoms with Gasteiger partial charge in [0.2, 0.25) is 0 Å². The summed E-state index contributed by atoms with van der Waals surface area (Å²) in [5.74, 6) is 0. The molecule has 0 fully saturated rings. The van der Waals surface area contributed by atoms with Crippen molar-refractivity contribution in [3.63, 3.8) is 0 Å². The van der Waals surface area contributed by atoms with Crippen LogP contribution in [0.15, 0.2) is 0 Å². The summed E-state index contributed by atoms with van der Waals surface area (Å²) in [7, 11) is -1.81. The largest absolute Gasteiger partial charge is 0.395 e. The molecule has 3 heteroatoms. The quantitative estimate of drug-likeness (QED) is 0.446. The van der Waals surface area contributed by atoms with Crippen LogP contribution in [0.3, 0.4) is 0 Å². The SMILES string of the molecule is [CH2]CCCC[Si](C)(OCC)OCC. The highest BCUT2D eigenvalue weighted by molar-refractivity contribution is 6.66. The van der Waals surface area contributed by atoms with Crippen LogP contribution in [0.4, 0.5) is 0 Å². The van der Waals surface area contributed by atoms with Gasteiger partial charge in [-0.1, -0.05) is 26.2 Å². The van der Waals surface area contributed by atoms with Gasteiger partial charge >= 0.3 is 8.56 Å². The molecule has 0 saturated heterocycles. The maximum atomic E-state index is 5.71. The smallest absolute Gasteiger partial charge is 0.334 e. The minimum atomic E-state index is -1.81. The van der Waals surface area contributed by atoms with Crippen LogP contribution in [0.25, 0.3) is 0 Å². The predicted octanol–water partition coefficient (Wildman–Crippen LogP) is 3.14. The van der Waals surface area contributed by atoms with E-state index in [4.69, 9.17) is 8.85 Å². The van der Waals surface area contributed by atoms with Gasteiger partial charge in [-0.25, -0.2) is 0 Å². The highest BCUT2D eigenvalue weighted by Crippen LogP contribution is 2.17. The second-order valence-corrected chi connectivity index (χ2v) is 6.66. The summed E-state index contributed by atoms with van der Waals surface area (Å²) in [5.41, 5.74) is 0. The van der Waals surface area contributed by atoms with Gasteiger partial charge in [-0.05, 0) is 26.4 Å². The molecule has 1 radical (unpaired) electrons. The molecule has 0 unspecified atom stereocenters. The first-order valence-electron chi connectivity index (χ1n) is 5.25. The topological polar surface area (TPSA) is 18.5 Å². The van der Waals surface area contributed by atoms with Gasteiger partial charge in [0.15, 0.2) is 0 Å². The van der Waals surface area contributed by atoms with E-state index in [1.807, 2.05) is 13.8 Å². The highest BCUT2D eigenvalue weighted by Gasteiger charge is 2.29. The lowest BCUT2D eigenvalue weighted by Gasteiger charge is -2.25. The van der Waals surface area contributed by atoms with Crippen molar-refractivity contribution in [1.29, 1.82) is 0 Å². The van der Waals surface area contributed by atoms with Crippen molar-refractivity contribution in [3.05, 3.63) is 6.92 Å². The van der Waals surface area contributed by atoms with E-state index in [1.165, 1.54) is 12.8 Å². The zero-order chi connectivity index (χ0) is 10.2. The van der Waals surface area contributed by atoms with Gasteiger partial charge in [0.05, 0.1) is 0 Å². The number of hydrogen-bond donors (Lipinski definition) is 0. The molecule has 2 nitrogen and oxygen atoms in total. The van der Waals surface area contributed by atoms with Gasteiger partial charge in [0.1, 0.15) is 0 Å². The summed E-state index contributed by atoms with van der Waals surface area (Å²) in [6.07, 6.45) is 3.39. The maximum Gasteiger partial charge on any atom is 0.334 e. The Kier molecular flexibility index (Phi) is 7.61. The molecule has 0 atom stereocenters. The molecular formula is C10H23O2Si. The minimum absolute atomic E-state index is 0.771. The van der Waals surface area contributed by atoms with Crippen LogP contribution < -0.4 is 0 Å². The van der Waals surface area contributed by atoms with E-state index in [1.54, 1.807) is 0 Å². The van der Waals surface area contributed by atoms with Crippen LogP contribution in [0.1, 0.15) is 33.1 Å². The molecule has 13 heavy (non-hydrogen) atoms. The molecule has 0 rings (SSSR count). The van der Waals surface area contributed by atoms with E-state index >= 15 is 0 Å². The monoisotopic (exact) mass is 203 g/mol. The van der Waals surface area contributed by atoms with Gasteiger partial charge in [-0.3, -0.25) is 0 Å². The minimum Gasteiger partial charge on any atom is -0.395 e. The fourth-order valence-corrected chi connectivity index (χ4v) is 3.91. The van der Waals surface area contributed by atoms with Gasteiger partial charge < -0.3 is 8.85 Å². The lowest BCUT2D eigenvalue weighted by molar-refractivity contribution is 0.188. The van der Waals surface area contributed by atoms with Crippen molar-refractivity contribution in [2.75, 3.05) is 13.2 Å². The number of hydrogen-bond acceptors (Lipinski definition) is 2. The zero-order valence-electron chi connectivity index (χ0n) is 9.27. The molecule has 0 spiro atoms. The van der Waals surface area contributed by atoms with E-state index in [0.29, 0.717) is 0 Å². The summed E-state index contributed by atoms with van der Waals surface area (Å²) >= 11 is 0. The molecule has 0 N–H and O–H groups in total. The highest BCUT2D eigenvalue weighted by atomic mass is 28.4. The third-order valence-electron chi connectivity index (χ3n) is 2.03. The Morgan fingerprint density at radius 3 is 2.00 bits per heavy atom. The molecular weight excluding hydrogens is 180 g/mol. The van der Waals surface area contributed by atoms with Crippen LogP contribution in [-0.4, -0.2) is 21.8 Å². The summed E-state index contributed by atoms with van der Waals surface area (Å²) in [6, 6.07) is 1.10. The van der Waals surface area contributed by atoms with E-state index in [9.17, 15) is 0 Å². The Morgan fingerprint density at radius 2 is 1.62 bits per heavy atom. The van der Waals surface area contributed by atoms with Gasteiger partial charge in [0, 0.05) is 13.2 Å². The molecule has 79 valence electrons. The third-order valence-corrected chi connectivity index (χ3v) is 5.09. The maximum absolute atomic E-state index is 5.71. The fraction of sp³-hybridized carbons (Fsp3) is 0.900. The molecule has 0 aromatic rings. The molecule has 0 aliphatic heterocycles. The lowest BCUT2D eigenvalue weighted by Crippen LogP contribution is -2.38. The van der Waals surface area contributed by atoms with Crippen molar-refractivity contribution in [2.45, 2.75) is 45.7 Å². The van der Waals surface area contributed by atoms with Gasteiger partial charge in [-0.15, -0.1) is 0 Å². The van der Waals surface area contributed by atoms with Crippen LogP contribution in [-0.2, 0) is 8.85 Å². The van der Waals surface area contributed by atoms with Crippen molar-refractivity contribution >= 4 is 8.56 Å². The summed E-state index contributed by atoms with van der Waals surface area (Å²) in [5, 5.41) is 0. The molecule has 0 aliphatic rings. The van der Waals surface area contributed by atoms with E-state index in [-0.39, 0.29) is 0 Å².